The highest BCUT2D eigenvalue weighted by molar-refractivity contribution is 5.92. The Morgan fingerprint density at radius 2 is 2.05 bits per heavy atom. The van der Waals surface area contributed by atoms with Gasteiger partial charge in [0.25, 0.3) is 5.91 Å². The second-order valence-electron chi connectivity index (χ2n) is 3.96. The number of methoxy groups -OCH3 is 1. The van der Waals surface area contributed by atoms with Crippen LogP contribution in [0, 0.1) is 0 Å². The second kappa shape index (κ2) is 5.86. The number of nitrogens with one attached hydrogen (secondary N) is 2. The number of aromatic amines is 1. The van der Waals surface area contributed by atoms with E-state index in [1.165, 1.54) is 6.07 Å². The van der Waals surface area contributed by atoms with Crippen LogP contribution in [0.1, 0.15) is 16.1 Å². The van der Waals surface area contributed by atoms with Crippen molar-refractivity contribution in [2.45, 2.75) is 6.54 Å². The Bertz CT molecular complexity index is 634. The third-order valence-electron chi connectivity index (χ3n) is 2.60. The van der Waals surface area contributed by atoms with E-state index in [2.05, 4.69) is 10.3 Å². The van der Waals surface area contributed by atoms with Crippen molar-refractivity contribution < 1.29 is 9.53 Å². The molecule has 0 saturated carbocycles. The van der Waals surface area contributed by atoms with Gasteiger partial charge in [-0.3, -0.25) is 9.59 Å². The molecule has 5 heteroatoms. The third-order valence-corrected chi connectivity index (χ3v) is 2.60. The quantitative estimate of drug-likeness (QED) is 0.868. The number of carbonyl (C=O) groups is 1. The average Bonchev–Trinajstić information content (AvgIpc) is 2.45. The number of ether oxygens (including phenoxy) is 1. The molecular formula is C14H14N2O3. The molecule has 1 aromatic carbocycles. The Balaban J connectivity index is 2.02. The van der Waals surface area contributed by atoms with Crippen molar-refractivity contribution in [3.05, 3.63) is 64.1 Å². The van der Waals surface area contributed by atoms with Gasteiger partial charge in [0, 0.05) is 12.6 Å². The molecule has 0 spiro atoms. The fourth-order valence-electron chi connectivity index (χ4n) is 1.64. The molecule has 19 heavy (non-hydrogen) atoms. The van der Waals surface area contributed by atoms with Crippen LogP contribution < -0.4 is 15.6 Å². The summed E-state index contributed by atoms with van der Waals surface area (Å²) in [5.41, 5.74) is 0.871. The summed E-state index contributed by atoms with van der Waals surface area (Å²) in [5, 5.41) is 2.73. The molecule has 1 aromatic heterocycles. The van der Waals surface area contributed by atoms with Gasteiger partial charge in [0.2, 0.25) is 5.56 Å². The van der Waals surface area contributed by atoms with Crippen LogP contribution in [-0.4, -0.2) is 18.0 Å². The third kappa shape index (κ3) is 3.45. The summed E-state index contributed by atoms with van der Waals surface area (Å²) in [6.45, 7) is 0.368. The summed E-state index contributed by atoms with van der Waals surface area (Å²) in [5.74, 6) is 0.417. The molecule has 5 nitrogen and oxygen atoms in total. The predicted octanol–water partition coefficient (Wildman–Crippen LogP) is 1.31. The number of carbonyl (C=O) groups excluding carboxylic acids is 1. The van der Waals surface area contributed by atoms with Crippen molar-refractivity contribution in [2.75, 3.05) is 7.11 Å². The highest BCUT2D eigenvalue weighted by atomic mass is 16.5. The zero-order chi connectivity index (χ0) is 13.7. The Morgan fingerprint density at radius 1 is 1.26 bits per heavy atom. The standard InChI is InChI=1S/C14H14N2O3/c1-19-11-5-2-4-10(8-11)9-15-14(18)12-6-3-7-13(17)16-12/h2-8H,9H2,1H3,(H,15,18)(H,16,17). The van der Waals surface area contributed by atoms with Crippen LogP contribution in [0.25, 0.3) is 0 Å². The smallest absolute Gasteiger partial charge is 0.268 e. The molecule has 0 unspecified atom stereocenters. The van der Waals surface area contributed by atoms with Crippen molar-refractivity contribution in [1.29, 1.82) is 0 Å². The monoisotopic (exact) mass is 258 g/mol. The van der Waals surface area contributed by atoms with Crippen molar-refractivity contribution in [1.82, 2.24) is 10.3 Å². The van der Waals surface area contributed by atoms with E-state index in [-0.39, 0.29) is 17.2 Å². The molecule has 0 aliphatic rings. The van der Waals surface area contributed by atoms with Gasteiger partial charge >= 0.3 is 0 Å². The first kappa shape index (κ1) is 12.9. The molecule has 1 amide bonds. The highest BCUT2D eigenvalue weighted by Crippen LogP contribution is 2.12. The largest absolute Gasteiger partial charge is 0.497 e. The van der Waals surface area contributed by atoms with Crippen LogP contribution in [0.3, 0.4) is 0 Å². The van der Waals surface area contributed by atoms with Gasteiger partial charge in [-0.2, -0.15) is 0 Å². The first-order valence-electron chi connectivity index (χ1n) is 5.79. The van der Waals surface area contributed by atoms with Crippen LogP contribution in [0.2, 0.25) is 0 Å². The molecule has 1 heterocycles. The van der Waals surface area contributed by atoms with E-state index in [0.717, 1.165) is 11.3 Å². The Hall–Kier alpha value is -2.56. The molecule has 0 aliphatic carbocycles. The van der Waals surface area contributed by atoms with Gasteiger partial charge in [-0.1, -0.05) is 18.2 Å². The van der Waals surface area contributed by atoms with E-state index in [9.17, 15) is 9.59 Å². The Morgan fingerprint density at radius 3 is 2.79 bits per heavy atom. The highest BCUT2D eigenvalue weighted by Gasteiger charge is 2.05. The average molecular weight is 258 g/mol. The maximum Gasteiger partial charge on any atom is 0.268 e. The first-order chi connectivity index (χ1) is 9.19. The van der Waals surface area contributed by atoms with Crippen LogP contribution in [0.15, 0.2) is 47.3 Å². The van der Waals surface area contributed by atoms with Gasteiger partial charge in [0.15, 0.2) is 0 Å². The zero-order valence-electron chi connectivity index (χ0n) is 10.5. The summed E-state index contributed by atoms with van der Waals surface area (Å²) < 4.78 is 5.10. The van der Waals surface area contributed by atoms with Crippen molar-refractivity contribution >= 4 is 5.91 Å². The van der Waals surface area contributed by atoms with Crippen LogP contribution in [0.5, 0.6) is 5.75 Å². The summed E-state index contributed by atoms with van der Waals surface area (Å²) in [6.07, 6.45) is 0. The molecule has 0 fully saturated rings. The lowest BCUT2D eigenvalue weighted by atomic mass is 10.2. The first-order valence-corrected chi connectivity index (χ1v) is 5.79. The van der Waals surface area contributed by atoms with E-state index in [1.54, 1.807) is 19.2 Å². The number of hydrogen-bond acceptors (Lipinski definition) is 3. The van der Waals surface area contributed by atoms with Crippen molar-refractivity contribution in [3.63, 3.8) is 0 Å². The number of amides is 1. The minimum absolute atomic E-state index is 0.246. The van der Waals surface area contributed by atoms with Gasteiger partial charge in [0.1, 0.15) is 11.4 Å². The molecule has 0 atom stereocenters. The van der Waals surface area contributed by atoms with Crippen molar-refractivity contribution in [3.8, 4) is 5.75 Å². The minimum atomic E-state index is -0.319. The van der Waals surface area contributed by atoms with Gasteiger partial charge in [-0.05, 0) is 23.8 Å². The number of rotatable bonds is 4. The van der Waals surface area contributed by atoms with E-state index in [4.69, 9.17) is 4.74 Å². The molecular weight excluding hydrogens is 244 g/mol. The van der Waals surface area contributed by atoms with E-state index < -0.39 is 0 Å². The number of H-pyrrole nitrogens is 1. The minimum Gasteiger partial charge on any atom is -0.497 e. The fraction of sp³-hybridized carbons (Fsp3) is 0.143. The van der Waals surface area contributed by atoms with E-state index >= 15 is 0 Å². The van der Waals surface area contributed by atoms with Crippen LogP contribution in [-0.2, 0) is 6.54 Å². The Kier molecular flexibility index (Phi) is 3.97. The number of aromatic nitrogens is 1. The predicted molar refractivity (Wildman–Crippen MR) is 71.2 cm³/mol. The van der Waals surface area contributed by atoms with Crippen LogP contribution in [0.4, 0.5) is 0 Å². The van der Waals surface area contributed by atoms with E-state index in [1.807, 2.05) is 24.3 Å². The van der Waals surface area contributed by atoms with Gasteiger partial charge in [0.05, 0.1) is 7.11 Å². The van der Waals surface area contributed by atoms with Gasteiger partial charge in [-0.25, -0.2) is 0 Å². The molecule has 0 bridgehead atoms. The molecule has 2 aromatic rings. The second-order valence-corrected chi connectivity index (χ2v) is 3.96. The number of hydrogen-bond donors (Lipinski definition) is 2. The number of pyridine rings is 1. The van der Waals surface area contributed by atoms with Crippen LogP contribution >= 0.6 is 0 Å². The lowest BCUT2D eigenvalue weighted by Gasteiger charge is -2.06. The summed E-state index contributed by atoms with van der Waals surface area (Å²) in [6, 6.07) is 11.9. The lowest BCUT2D eigenvalue weighted by Crippen LogP contribution is -2.25. The normalized spacial score (nSPS) is 9.95. The summed E-state index contributed by atoms with van der Waals surface area (Å²) in [7, 11) is 1.59. The number of benzene rings is 1. The molecule has 0 saturated heterocycles. The zero-order valence-corrected chi connectivity index (χ0v) is 10.5. The van der Waals surface area contributed by atoms with Gasteiger partial charge in [-0.15, -0.1) is 0 Å². The molecule has 0 radical (unpaired) electrons. The topological polar surface area (TPSA) is 71.2 Å². The molecule has 2 N–H and O–H groups in total. The SMILES string of the molecule is COc1cccc(CNC(=O)c2cccc(=O)[nH]2)c1. The van der Waals surface area contributed by atoms with Crippen molar-refractivity contribution in [2.24, 2.45) is 0 Å². The maximum atomic E-state index is 11.8. The molecule has 2 rings (SSSR count). The maximum absolute atomic E-state index is 11.8. The van der Waals surface area contributed by atoms with E-state index in [0.29, 0.717) is 6.54 Å². The van der Waals surface area contributed by atoms with Gasteiger partial charge < -0.3 is 15.0 Å². The fourth-order valence-corrected chi connectivity index (χ4v) is 1.64. The summed E-state index contributed by atoms with van der Waals surface area (Å²) >= 11 is 0. The Labute approximate surface area is 110 Å². The summed E-state index contributed by atoms with van der Waals surface area (Å²) in [4.78, 5) is 25.4. The molecule has 0 aliphatic heterocycles. The lowest BCUT2D eigenvalue weighted by molar-refractivity contribution is 0.0945. The molecule has 98 valence electrons.